The van der Waals surface area contributed by atoms with Crippen LogP contribution in [0.3, 0.4) is 0 Å². The van der Waals surface area contributed by atoms with Gasteiger partial charge in [0.1, 0.15) is 0 Å². The first-order valence-corrected chi connectivity index (χ1v) is 5.34. The SMILES string of the molecule is CCN(CCC(=N)N)c1ccc2nnnn2n1. The van der Waals surface area contributed by atoms with Gasteiger partial charge in [0.05, 0.1) is 5.84 Å². The van der Waals surface area contributed by atoms with E-state index in [1.54, 1.807) is 6.07 Å². The van der Waals surface area contributed by atoms with E-state index in [2.05, 4.69) is 20.6 Å². The van der Waals surface area contributed by atoms with Crippen LogP contribution in [0.25, 0.3) is 5.65 Å². The van der Waals surface area contributed by atoms with Gasteiger partial charge in [-0.05, 0) is 29.5 Å². The zero-order valence-corrected chi connectivity index (χ0v) is 9.54. The lowest BCUT2D eigenvalue weighted by Gasteiger charge is -2.20. The van der Waals surface area contributed by atoms with Crippen LogP contribution in [0.5, 0.6) is 0 Å². The molecule has 2 aromatic rings. The number of aromatic nitrogens is 5. The van der Waals surface area contributed by atoms with Gasteiger partial charge < -0.3 is 10.6 Å². The molecule has 0 spiro atoms. The van der Waals surface area contributed by atoms with Crippen molar-refractivity contribution in [2.45, 2.75) is 13.3 Å². The molecular formula is C9H14N8. The maximum Gasteiger partial charge on any atom is 0.200 e. The first-order valence-electron chi connectivity index (χ1n) is 5.34. The van der Waals surface area contributed by atoms with E-state index >= 15 is 0 Å². The molecule has 8 heteroatoms. The Morgan fingerprint density at radius 2 is 2.35 bits per heavy atom. The Hall–Kier alpha value is -2.25. The number of nitrogens with one attached hydrogen (secondary N) is 1. The molecule has 0 aliphatic rings. The van der Waals surface area contributed by atoms with E-state index < -0.39 is 0 Å². The number of hydrogen-bond acceptors (Lipinski definition) is 6. The van der Waals surface area contributed by atoms with Crippen LogP contribution in [0, 0.1) is 5.41 Å². The number of rotatable bonds is 5. The van der Waals surface area contributed by atoms with Gasteiger partial charge >= 0.3 is 0 Å². The maximum absolute atomic E-state index is 7.22. The first-order chi connectivity index (χ1) is 8.20. The fourth-order valence-electron chi connectivity index (χ4n) is 1.50. The summed E-state index contributed by atoms with van der Waals surface area (Å²) >= 11 is 0. The number of fused-ring (bicyclic) bond motifs is 1. The predicted molar refractivity (Wildman–Crippen MR) is 63.0 cm³/mol. The van der Waals surface area contributed by atoms with Gasteiger partial charge in [0, 0.05) is 19.5 Å². The van der Waals surface area contributed by atoms with Gasteiger partial charge in [-0.15, -0.1) is 14.8 Å². The highest BCUT2D eigenvalue weighted by Crippen LogP contribution is 2.10. The van der Waals surface area contributed by atoms with Crippen molar-refractivity contribution in [1.82, 2.24) is 25.3 Å². The van der Waals surface area contributed by atoms with Crippen molar-refractivity contribution < 1.29 is 0 Å². The van der Waals surface area contributed by atoms with E-state index in [0.717, 1.165) is 12.4 Å². The summed E-state index contributed by atoms with van der Waals surface area (Å²) in [5.41, 5.74) is 5.95. The lowest BCUT2D eigenvalue weighted by atomic mass is 10.3. The number of nitrogens with two attached hydrogens (primary N) is 1. The van der Waals surface area contributed by atoms with Crippen molar-refractivity contribution in [1.29, 1.82) is 5.41 Å². The molecule has 0 saturated heterocycles. The molecule has 0 bridgehead atoms. The summed E-state index contributed by atoms with van der Waals surface area (Å²) < 4.78 is 1.38. The molecule has 0 aliphatic carbocycles. The Morgan fingerprint density at radius 1 is 1.53 bits per heavy atom. The predicted octanol–water partition coefficient (Wildman–Crippen LogP) is -0.328. The Bertz CT molecular complexity index is 518. The zero-order valence-electron chi connectivity index (χ0n) is 9.54. The summed E-state index contributed by atoms with van der Waals surface area (Å²) in [6, 6.07) is 3.66. The van der Waals surface area contributed by atoms with Crippen molar-refractivity contribution in [2.75, 3.05) is 18.0 Å². The van der Waals surface area contributed by atoms with Crippen molar-refractivity contribution in [3.63, 3.8) is 0 Å². The maximum atomic E-state index is 7.22. The lowest BCUT2D eigenvalue weighted by Crippen LogP contribution is -2.28. The summed E-state index contributed by atoms with van der Waals surface area (Å²) in [5, 5.41) is 22.6. The minimum atomic E-state index is 0.173. The highest BCUT2D eigenvalue weighted by atomic mass is 15.6. The summed E-state index contributed by atoms with van der Waals surface area (Å²) in [6.07, 6.45) is 0.517. The minimum absolute atomic E-state index is 0.173. The van der Waals surface area contributed by atoms with Gasteiger partial charge in [0.2, 0.25) is 0 Å². The third-order valence-corrected chi connectivity index (χ3v) is 2.41. The van der Waals surface area contributed by atoms with Crippen LogP contribution < -0.4 is 10.6 Å². The van der Waals surface area contributed by atoms with Gasteiger partial charge in [-0.2, -0.15) is 0 Å². The monoisotopic (exact) mass is 234 g/mol. The van der Waals surface area contributed by atoms with Crippen molar-refractivity contribution in [3.8, 4) is 0 Å². The van der Waals surface area contributed by atoms with E-state index in [-0.39, 0.29) is 5.84 Å². The van der Waals surface area contributed by atoms with Crippen LogP contribution in [0.15, 0.2) is 12.1 Å². The number of anilines is 1. The molecule has 8 nitrogen and oxygen atoms in total. The van der Waals surface area contributed by atoms with Crippen molar-refractivity contribution in [2.24, 2.45) is 5.73 Å². The number of tetrazole rings is 1. The van der Waals surface area contributed by atoms with Crippen LogP contribution in [0.2, 0.25) is 0 Å². The Labute approximate surface area is 97.9 Å². The molecular weight excluding hydrogens is 220 g/mol. The molecule has 17 heavy (non-hydrogen) atoms. The third kappa shape index (κ3) is 2.47. The second kappa shape index (κ2) is 4.73. The van der Waals surface area contributed by atoms with E-state index in [1.807, 2.05) is 17.9 Å². The van der Waals surface area contributed by atoms with Crippen LogP contribution >= 0.6 is 0 Å². The molecule has 2 aromatic heterocycles. The largest absolute Gasteiger partial charge is 0.388 e. The molecule has 0 unspecified atom stereocenters. The fraction of sp³-hybridized carbons (Fsp3) is 0.444. The standard InChI is InChI=1S/C9H14N8/c1-2-16(6-5-7(10)11)9-4-3-8-12-14-15-17(8)13-9/h3-4H,2,5-6H2,1H3,(H3,10,11). The highest BCUT2D eigenvalue weighted by Gasteiger charge is 2.08. The average Bonchev–Trinajstić information content (AvgIpc) is 2.76. The van der Waals surface area contributed by atoms with E-state index in [0.29, 0.717) is 18.6 Å². The van der Waals surface area contributed by atoms with Crippen molar-refractivity contribution in [3.05, 3.63) is 12.1 Å². The summed E-state index contributed by atoms with van der Waals surface area (Å²) in [5.74, 6) is 0.945. The van der Waals surface area contributed by atoms with Crippen molar-refractivity contribution >= 4 is 17.3 Å². The summed E-state index contributed by atoms with van der Waals surface area (Å²) in [4.78, 5) is 2.02. The first kappa shape index (κ1) is 11.2. The molecule has 2 rings (SSSR count). The minimum Gasteiger partial charge on any atom is -0.388 e. The van der Waals surface area contributed by atoms with Gasteiger partial charge in [0.15, 0.2) is 11.5 Å². The van der Waals surface area contributed by atoms with Gasteiger partial charge in [-0.25, -0.2) is 0 Å². The Morgan fingerprint density at radius 3 is 3.06 bits per heavy atom. The second-order valence-electron chi connectivity index (χ2n) is 3.57. The highest BCUT2D eigenvalue weighted by molar-refractivity contribution is 5.77. The molecule has 0 amide bonds. The normalized spacial score (nSPS) is 10.6. The molecule has 0 saturated carbocycles. The second-order valence-corrected chi connectivity index (χ2v) is 3.57. The number of nitrogens with zero attached hydrogens (tertiary/aromatic N) is 6. The van der Waals surface area contributed by atoms with Crippen LogP contribution in [-0.2, 0) is 0 Å². The fourth-order valence-corrected chi connectivity index (χ4v) is 1.50. The number of amidine groups is 1. The summed E-state index contributed by atoms with van der Waals surface area (Å²) in [6.45, 7) is 3.46. The van der Waals surface area contributed by atoms with Crippen LogP contribution in [0.4, 0.5) is 5.82 Å². The van der Waals surface area contributed by atoms with Crippen LogP contribution in [0.1, 0.15) is 13.3 Å². The van der Waals surface area contributed by atoms with Gasteiger partial charge in [0.25, 0.3) is 0 Å². The molecule has 3 N–H and O–H groups in total. The zero-order chi connectivity index (χ0) is 12.3. The number of hydrogen-bond donors (Lipinski definition) is 2. The molecule has 0 aliphatic heterocycles. The lowest BCUT2D eigenvalue weighted by molar-refractivity contribution is 0.710. The van der Waals surface area contributed by atoms with Gasteiger partial charge in [-0.1, -0.05) is 0 Å². The quantitative estimate of drug-likeness (QED) is 0.541. The summed E-state index contributed by atoms with van der Waals surface area (Å²) in [7, 11) is 0. The Kier molecular flexibility index (Phi) is 3.12. The molecule has 0 radical (unpaired) electrons. The molecule has 0 atom stereocenters. The average molecular weight is 234 g/mol. The smallest absolute Gasteiger partial charge is 0.200 e. The molecule has 90 valence electrons. The molecule has 0 fully saturated rings. The third-order valence-electron chi connectivity index (χ3n) is 2.41. The van der Waals surface area contributed by atoms with E-state index in [1.165, 1.54) is 4.63 Å². The topological polar surface area (TPSA) is 109 Å². The van der Waals surface area contributed by atoms with Gasteiger partial charge in [-0.3, -0.25) is 5.41 Å². The van der Waals surface area contributed by atoms with E-state index in [9.17, 15) is 0 Å². The molecule has 2 heterocycles. The van der Waals surface area contributed by atoms with E-state index in [4.69, 9.17) is 11.1 Å². The molecule has 0 aromatic carbocycles. The van der Waals surface area contributed by atoms with Crippen LogP contribution in [-0.4, -0.2) is 44.2 Å². The Balaban J connectivity index is 2.20.